The van der Waals surface area contributed by atoms with Crippen molar-refractivity contribution in [1.82, 2.24) is 5.32 Å². The van der Waals surface area contributed by atoms with Gasteiger partial charge >= 0.3 is 5.97 Å². The second-order valence-electron chi connectivity index (χ2n) is 10.5. The lowest BCUT2D eigenvalue weighted by atomic mass is 9.75. The third-order valence-electron chi connectivity index (χ3n) is 6.47. The second kappa shape index (κ2) is 8.61. The maximum atomic E-state index is 13.5. The molecule has 0 amide bonds. The predicted molar refractivity (Wildman–Crippen MR) is 112 cm³/mol. The van der Waals surface area contributed by atoms with Crippen molar-refractivity contribution in [3.8, 4) is 0 Å². The summed E-state index contributed by atoms with van der Waals surface area (Å²) >= 11 is 0. The fraction of sp³-hybridized carbons (Fsp3) is 0.957. The van der Waals surface area contributed by atoms with E-state index in [1.165, 1.54) is 32.1 Å². The second-order valence-corrected chi connectivity index (χ2v) is 10.5. The highest BCUT2D eigenvalue weighted by atomic mass is 16.6. The summed E-state index contributed by atoms with van der Waals surface area (Å²) in [7, 11) is 0. The molecule has 5 nitrogen and oxygen atoms in total. The van der Waals surface area contributed by atoms with E-state index in [0.29, 0.717) is 18.8 Å². The zero-order valence-electron chi connectivity index (χ0n) is 19.2. The molecule has 0 spiro atoms. The summed E-state index contributed by atoms with van der Waals surface area (Å²) in [5.74, 6) is 0.237. The van der Waals surface area contributed by atoms with E-state index in [1.807, 2.05) is 48.5 Å². The van der Waals surface area contributed by atoms with Crippen LogP contribution >= 0.6 is 0 Å². The van der Waals surface area contributed by atoms with E-state index < -0.39 is 22.5 Å². The summed E-state index contributed by atoms with van der Waals surface area (Å²) in [5.41, 5.74) is -3.37. The van der Waals surface area contributed by atoms with Crippen molar-refractivity contribution in [1.29, 1.82) is 0 Å². The van der Waals surface area contributed by atoms with Gasteiger partial charge in [-0.25, -0.2) is 4.79 Å². The third-order valence-corrected chi connectivity index (χ3v) is 6.47. The maximum absolute atomic E-state index is 13.5. The Hall–Kier alpha value is -0.650. The first kappa shape index (κ1) is 23.6. The van der Waals surface area contributed by atoms with Crippen LogP contribution in [-0.2, 0) is 14.3 Å². The highest BCUT2D eigenvalue weighted by Gasteiger charge is 2.60. The fourth-order valence-corrected chi connectivity index (χ4v) is 4.87. The molecule has 2 atom stereocenters. The average Bonchev–Trinajstić information content (AvgIpc) is 2.85. The first-order valence-electron chi connectivity index (χ1n) is 11.3. The van der Waals surface area contributed by atoms with Crippen molar-refractivity contribution in [2.45, 2.75) is 135 Å². The maximum Gasteiger partial charge on any atom is 0.340 e. The van der Waals surface area contributed by atoms with Crippen molar-refractivity contribution in [3.63, 3.8) is 0 Å². The van der Waals surface area contributed by atoms with E-state index in [2.05, 4.69) is 5.32 Å². The Morgan fingerprint density at radius 3 is 2.21 bits per heavy atom. The van der Waals surface area contributed by atoms with Crippen LogP contribution in [0.2, 0.25) is 0 Å². The molecule has 28 heavy (non-hydrogen) atoms. The SMILES string of the molecule is CCC(O)(CC)C[C@]1(C(=O)OC(C)(C)C)OC(C)(C)N[C@H]1CC1CCCCC1. The molecule has 2 rings (SSSR count). The molecule has 0 aromatic carbocycles. The summed E-state index contributed by atoms with van der Waals surface area (Å²) in [4.78, 5) is 13.5. The summed E-state index contributed by atoms with van der Waals surface area (Å²) in [6, 6.07) is -0.162. The Balaban J connectivity index is 2.40. The molecule has 1 aliphatic heterocycles. The Morgan fingerprint density at radius 2 is 1.71 bits per heavy atom. The van der Waals surface area contributed by atoms with Crippen LogP contribution < -0.4 is 5.32 Å². The van der Waals surface area contributed by atoms with Crippen molar-refractivity contribution < 1.29 is 19.4 Å². The molecule has 2 aliphatic rings. The summed E-state index contributed by atoms with van der Waals surface area (Å²) < 4.78 is 12.3. The van der Waals surface area contributed by atoms with Crippen LogP contribution in [0.5, 0.6) is 0 Å². The van der Waals surface area contributed by atoms with E-state index in [1.54, 1.807) is 0 Å². The fourth-order valence-electron chi connectivity index (χ4n) is 4.87. The van der Waals surface area contributed by atoms with Gasteiger partial charge in [0.25, 0.3) is 0 Å². The third kappa shape index (κ3) is 5.70. The van der Waals surface area contributed by atoms with Crippen molar-refractivity contribution in [2.24, 2.45) is 5.92 Å². The first-order valence-corrected chi connectivity index (χ1v) is 11.3. The predicted octanol–water partition coefficient (Wildman–Crippen LogP) is 4.70. The van der Waals surface area contributed by atoms with Gasteiger partial charge in [-0.3, -0.25) is 5.32 Å². The van der Waals surface area contributed by atoms with Gasteiger partial charge in [-0.2, -0.15) is 0 Å². The number of ether oxygens (including phenoxy) is 2. The molecule has 2 fully saturated rings. The van der Waals surface area contributed by atoms with Gasteiger partial charge in [-0.15, -0.1) is 0 Å². The van der Waals surface area contributed by atoms with Crippen molar-refractivity contribution in [2.75, 3.05) is 0 Å². The Morgan fingerprint density at radius 1 is 1.14 bits per heavy atom. The van der Waals surface area contributed by atoms with Crippen LogP contribution in [0, 0.1) is 5.92 Å². The number of rotatable bonds is 7. The number of nitrogens with one attached hydrogen (secondary N) is 1. The topological polar surface area (TPSA) is 67.8 Å². The minimum Gasteiger partial charge on any atom is -0.458 e. The highest BCUT2D eigenvalue weighted by molar-refractivity contribution is 5.82. The number of aliphatic hydroxyl groups is 1. The number of hydrogen-bond donors (Lipinski definition) is 2. The molecule has 1 saturated heterocycles. The summed E-state index contributed by atoms with van der Waals surface area (Å²) in [6.07, 6.45) is 8.52. The van der Waals surface area contributed by atoms with E-state index in [0.717, 1.165) is 6.42 Å². The van der Waals surface area contributed by atoms with Gasteiger partial charge in [-0.1, -0.05) is 46.0 Å². The molecule has 0 aromatic heterocycles. The molecular formula is C23H43NO4. The molecule has 0 bridgehead atoms. The van der Waals surface area contributed by atoms with Gasteiger partial charge < -0.3 is 14.6 Å². The van der Waals surface area contributed by atoms with Gasteiger partial charge in [0.1, 0.15) is 11.3 Å². The van der Waals surface area contributed by atoms with E-state index in [-0.39, 0.29) is 18.4 Å². The lowest BCUT2D eigenvalue weighted by molar-refractivity contribution is -0.199. The molecule has 1 saturated carbocycles. The molecule has 0 aromatic rings. The molecule has 0 radical (unpaired) electrons. The minimum atomic E-state index is -1.17. The van der Waals surface area contributed by atoms with Gasteiger partial charge in [0.15, 0.2) is 5.60 Å². The zero-order chi connectivity index (χ0) is 21.2. The number of hydrogen-bond acceptors (Lipinski definition) is 5. The number of carbonyl (C=O) groups is 1. The van der Waals surface area contributed by atoms with Crippen LogP contribution in [0.3, 0.4) is 0 Å². The molecule has 1 aliphatic carbocycles. The lowest BCUT2D eigenvalue weighted by Gasteiger charge is -2.41. The summed E-state index contributed by atoms with van der Waals surface area (Å²) in [6.45, 7) is 13.5. The highest BCUT2D eigenvalue weighted by Crippen LogP contribution is 2.44. The largest absolute Gasteiger partial charge is 0.458 e. The Labute approximate surface area is 171 Å². The number of esters is 1. The molecular weight excluding hydrogens is 354 g/mol. The first-order chi connectivity index (χ1) is 12.8. The molecule has 164 valence electrons. The van der Waals surface area contributed by atoms with Gasteiger partial charge in [-0.05, 0) is 59.8 Å². The molecule has 2 N–H and O–H groups in total. The van der Waals surface area contributed by atoms with Gasteiger partial charge in [0.05, 0.1) is 5.60 Å². The molecule has 5 heteroatoms. The molecule has 0 unspecified atom stereocenters. The van der Waals surface area contributed by atoms with E-state index in [4.69, 9.17) is 9.47 Å². The summed E-state index contributed by atoms with van der Waals surface area (Å²) in [5, 5.41) is 14.8. The Bertz CT molecular complexity index is 529. The van der Waals surface area contributed by atoms with Crippen LogP contribution in [-0.4, -0.2) is 39.6 Å². The number of carbonyl (C=O) groups excluding carboxylic acids is 1. The monoisotopic (exact) mass is 397 g/mol. The average molecular weight is 398 g/mol. The van der Waals surface area contributed by atoms with E-state index in [9.17, 15) is 9.90 Å². The van der Waals surface area contributed by atoms with Crippen molar-refractivity contribution in [3.05, 3.63) is 0 Å². The van der Waals surface area contributed by atoms with Crippen LogP contribution in [0.4, 0.5) is 0 Å². The van der Waals surface area contributed by atoms with E-state index >= 15 is 0 Å². The standard InChI is InChI=1S/C23H43NO4/c1-8-22(26,9-2)16-23(19(25)27-20(3,4)5)18(24-21(6,7)28-23)15-17-13-11-10-12-14-17/h17-18,24,26H,8-16H2,1-7H3/t18-,23-/m0/s1. The van der Waals surface area contributed by atoms with Gasteiger partial charge in [0, 0.05) is 12.5 Å². The molecule has 1 heterocycles. The Kier molecular flexibility index (Phi) is 7.26. The lowest BCUT2D eigenvalue weighted by Crippen LogP contribution is -2.57. The van der Waals surface area contributed by atoms with Crippen molar-refractivity contribution >= 4 is 5.97 Å². The smallest absolute Gasteiger partial charge is 0.340 e. The van der Waals surface area contributed by atoms with Crippen LogP contribution in [0.15, 0.2) is 0 Å². The normalized spacial score (nSPS) is 29.1. The van der Waals surface area contributed by atoms with Gasteiger partial charge in [0.2, 0.25) is 0 Å². The van der Waals surface area contributed by atoms with Crippen LogP contribution in [0.1, 0.15) is 106 Å². The minimum absolute atomic E-state index is 0.162. The zero-order valence-corrected chi connectivity index (χ0v) is 19.2. The quantitative estimate of drug-likeness (QED) is 0.609. The van der Waals surface area contributed by atoms with Crippen LogP contribution in [0.25, 0.3) is 0 Å².